The zero-order valence-corrected chi connectivity index (χ0v) is 18.2. The molecular formula is C21H28N4O4S. The van der Waals surface area contributed by atoms with Gasteiger partial charge in [0.1, 0.15) is 5.75 Å². The van der Waals surface area contributed by atoms with Gasteiger partial charge in [-0.25, -0.2) is 4.98 Å². The molecule has 1 aliphatic rings. The first-order chi connectivity index (χ1) is 14.6. The summed E-state index contributed by atoms with van der Waals surface area (Å²) >= 11 is 1.31. The molecule has 0 spiro atoms. The predicted molar refractivity (Wildman–Crippen MR) is 117 cm³/mol. The molecule has 1 aliphatic heterocycles. The Morgan fingerprint density at radius 3 is 2.63 bits per heavy atom. The van der Waals surface area contributed by atoms with Crippen molar-refractivity contribution >= 4 is 34.0 Å². The molecule has 3 rings (SSSR count). The third-order valence-corrected chi connectivity index (χ3v) is 5.48. The topological polar surface area (TPSA) is 84.0 Å². The number of nitrogens with zero attached hydrogens (tertiary/aromatic N) is 3. The van der Waals surface area contributed by atoms with Crippen LogP contribution in [0.2, 0.25) is 0 Å². The summed E-state index contributed by atoms with van der Waals surface area (Å²) in [5.41, 5.74) is 1.70. The van der Waals surface area contributed by atoms with Gasteiger partial charge >= 0.3 is 5.97 Å². The fourth-order valence-electron chi connectivity index (χ4n) is 3.31. The molecule has 1 amide bonds. The number of piperazine rings is 1. The van der Waals surface area contributed by atoms with Crippen LogP contribution in [0, 0.1) is 0 Å². The summed E-state index contributed by atoms with van der Waals surface area (Å²) in [5.74, 6) is 0.480. The molecule has 0 radical (unpaired) electrons. The third-order valence-electron chi connectivity index (χ3n) is 4.67. The van der Waals surface area contributed by atoms with E-state index in [0.717, 1.165) is 37.6 Å². The summed E-state index contributed by atoms with van der Waals surface area (Å²) in [6, 6.07) is 8.06. The number of nitrogens with one attached hydrogen (secondary N) is 1. The van der Waals surface area contributed by atoms with Gasteiger partial charge in [-0.2, -0.15) is 0 Å². The molecular weight excluding hydrogens is 404 g/mol. The number of anilines is 2. The molecule has 8 nitrogen and oxygen atoms in total. The first-order valence-corrected chi connectivity index (χ1v) is 11.1. The Bertz CT molecular complexity index is 849. The highest BCUT2D eigenvalue weighted by Gasteiger charge is 2.21. The summed E-state index contributed by atoms with van der Waals surface area (Å²) in [4.78, 5) is 32.6. The highest BCUT2D eigenvalue weighted by molar-refractivity contribution is 7.13. The monoisotopic (exact) mass is 432 g/mol. The minimum absolute atomic E-state index is 0.102. The van der Waals surface area contributed by atoms with Crippen LogP contribution in [0.5, 0.6) is 5.75 Å². The molecule has 1 fully saturated rings. The van der Waals surface area contributed by atoms with Crippen LogP contribution in [0.4, 0.5) is 10.8 Å². The quantitative estimate of drug-likeness (QED) is 0.609. The zero-order chi connectivity index (χ0) is 21.3. The van der Waals surface area contributed by atoms with Crippen LogP contribution in [0.1, 0.15) is 19.5 Å². The van der Waals surface area contributed by atoms with E-state index in [2.05, 4.69) is 26.2 Å². The minimum atomic E-state index is -0.315. The Morgan fingerprint density at radius 1 is 1.13 bits per heavy atom. The van der Waals surface area contributed by atoms with Crippen LogP contribution in [-0.4, -0.2) is 67.7 Å². The summed E-state index contributed by atoms with van der Waals surface area (Å²) in [7, 11) is 0. The number of esters is 1. The van der Waals surface area contributed by atoms with E-state index in [4.69, 9.17) is 9.47 Å². The van der Waals surface area contributed by atoms with Gasteiger partial charge in [0.15, 0.2) is 5.13 Å². The first-order valence-electron chi connectivity index (χ1n) is 10.2. The maximum Gasteiger partial charge on any atom is 0.311 e. The maximum absolute atomic E-state index is 12.4. The molecule has 162 valence electrons. The highest BCUT2D eigenvalue weighted by atomic mass is 32.1. The van der Waals surface area contributed by atoms with Crippen LogP contribution in [0.25, 0.3) is 0 Å². The van der Waals surface area contributed by atoms with Crippen molar-refractivity contribution in [2.75, 3.05) is 56.2 Å². The molecule has 1 aromatic carbocycles. The minimum Gasteiger partial charge on any atom is -0.492 e. The summed E-state index contributed by atoms with van der Waals surface area (Å²) in [6.07, 6.45) is 0.116. The standard InChI is InChI=1S/C21H28N4O4S/c1-3-28-18-8-6-5-7-17(18)25-11-9-24(10-12-25)14-19(26)23-21-22-16(15-30-21)13-20(27)29-4-2/h5-8,15H,3-4,9-14H2,1-2H3,(H,22,23,26). The predicted octanol–water partition coefficient (Wildman–Crippen LogP) is 2.41. The van der Waals surface area contributed by atoms with Gasteiger partial charge in [0.05, 0.1) is 37.6 Å². The van der Waals surface area contributed by atoms with Gasteiger partial charge in [-0.1, -0.05) is 12.1 Å². The lowest BCUT2D eigenvalue weighted by Crippen LogP contribution is -2.48. The molecule has 0 saturated carbocycles. The lowest BCUT2D eigenvalue weighted by molar-refractivity contribution is -0.142. The smallest absolute Gasteiger partial charge is 0.311 e. The molecule has 2 heterocycles. The lowest BCUT2D eigenvalue weighted by Gasteiger charge is -2.36. The number of benzene rings is 1. The summed E-state index contributed by atoms with van der Waals surface area (Å²) < 4.78 is 10.7. The van der Waals surface area contributed by atoms with Crippen LogP contribution < -0.4 is 15.0 Å². The van der Waals surface area contributed by atoms with Gasteiger partial charge in [0.25, 0.3) is 0 Å². The Labute approximate surface area is 180 Å². The van der Waals surface area contributed by atoms with E-state index in [-0.39, 0.29) is 18.3 Å². The van der Waals surface area contributed by atoms with Gasteiger partial charge in [-0.05, 0) is 26.0 Å². The van der Waals surface area contributed by atoms with Crippen LogP contribution in [0.15, 0.2) is 29.6 Å². The molecule has 30 heavy (non-hydrogen) atoms. The summed E-state index contributed by atoms with van der Waals surface area (Å²) in [5, 5.41) is 5.09. The number of hydrogen-bond donors (Lipinski definition) is 1. The summed E-state index contributed by atoms with van der Waals surface area (Å²) in [6.45, 7) is 8.29. The van der Waals surface area contributed by atoms with Crippen molar-refractivity contribution in [2.24, 2.45) is 0 Å². The number of carbonyl (C=O) groups is 2. The van der Waals surface area contributed by atoms with Crippen molar-refractivity contribution in [3.8, 4) is 5.75 Å². The number of hydrogen-bond acceptors (Lipinski definition) is 8. The van der Waals surface area contributed by atoms with Crippen LogP contribution in [-0.2, 0) is 20.7 Å². The fourth-order valence-corrected chi connectivity index (χ4v) is 4.04. The van der Waals surface area contributed by atoms with E-state index in [1.54, 1.807) is 12.3 Å². The normalized spacial score (nSPS) is 14.4. The molecule has 1 saturated heterocycles. The van der Waals surface area contributed by atoms with E-state index < -0.39 is 0 Å². The van der Waals surface area contributed by atoms with E-state index >= 15 is 0 Å². The number of para-hydroxylation sites is 2. The number of carbonyl (C=O) groups excluding carboxylic acids is 2. The molecule has 0 atom stereocenters. The number of thiazole rings is 1. The Morgan fingerprint density at radius 2 is 1.90 bits per heavy atom. The van der Waals surface area contributed by atoms with Crippen molar-refractivity contribution in [1.29, 1.82) is 0 Å². The molecule has 9 heteroatoms. The van der Waals surface area contributed by atoms with Crippen LogP contribution in [0.3, 0.4) is 0 Å². The fraction of sp³-hybridized carbons (Fsp3) is 0.476. The maximum atomic E-state index is 12.4. The van der Waals surface area contributed by atoms with Crippen molar-refractivity contribution in [1.82, 2.24) is 9.88 Å². The molecule has 1 aromatic heterocycles. The second-order valence-electron chi connectivity index (χ2n) is 6.84. The van der Waals surface area contributed by atoms with Gasteiger partial charge in [-0.15, -0.1) is 11.3 Å². The second-order valence-corrected chi connectivity index (χ2v) is 7.70. The number of amides is 1. The lowest BCUT2D eigenvalue weighted by atomic mass is 10.2. The zero-order valence-electron chi connectivity index (χ0n) is 17.4. The van der Waals surface area contributed by atoms with Crippen molar-refractivity contribution in [3.63, 3.8) is 0 Å². The van der Waals surface area contributed by atoms with Crippen molar-refractivity contribution < 1.29 is 19.1 Å². The SMILES string of the molecule is CCOC(=O)Cc1csc(NC(=O)CN2CCN(c3ccccc3OCC)CC2)n1. The van der Waals surface area contributed by atoms with Gasteiger partial charge in [0, 0.05) is 31.6 Å². The molecule has 0 unspecified atom stereocenters. The Hall–Kier alpha value is -2.65. The van der Waals surface area contributed by atoms with Gasteiger partial charge in [0.2, 0.25) is 5.91 Å². The van der Waals surface area contributed by atoms with Gasteiger partial charge < -0.3 is 19.7 Å². The van der Waals surface area contributed by atoms with Crippen molar-refractivity contribution in [2.45, 2.75) is 20.3 Å². The average molecular weight is 433 g/mol. The molecule has 0 bridgehead atoms. The number of ether oxygens (including phenoxy) is 2. The molecule has 0 aliphatic carbocycles. The average Bonchev–Trinajstić information content (AvgIpc) is 3.16. The number of rotatable bonds is 9. The largest absolute Gasteiger partial charge is 0.492 e. The van der Waals surface area contributed by atoms with E-state index in [0.29, 0.717) is 30.6 Å². The first kappa shape index (κ1) is 22.0. The molecule has 2 aromatic rings. The second kappa shape index (κ2) is 10.9. The van der Waals surface area contributed by atoms with E-state index in [1.807, 2.05) is 25.1 Å². The van der Waals surface area contributed by atoms with Crippen molar-refractivity contribution in [3.05, 3.63) is 35.3 Å². The molecule has 1 N–H and O–H groups in total. The van der Waals surface area contributed by atoms with E-state index in [9.17, 15) is 9.59 Å². The van der Waals surface area contributed by atoms with Crippen LogP contribution >= 0.6 is 11.3 Å². The number of aromatic nitrogens is 1. The Kier molecular flexibility index (Phi) is 8.04. The Balaban J connectivity index is 1.46. The van der Waals surface area contributed by atoms with E-state index in [1.165, 1.54) is 11.3 Å². The third kappa shape index (κ3) is 6.17. The highest BCUT2D eigenvalue weighted by Crippen LogP contribution is 2.28. The van der Waals surface area contributed by atoms with Gasteiger partial charge in [-0.3, -0.25) is 14.5 Å².